The Labute approximate surface area is 129 Å². The van der Waals surface area contributed by atoms with Gasteiger partial charge in [-0.3, -0.25) is 5.32 Å². The quantitative estimate of drug-likeness (QED) is 0.923. The predicted molar refractivity (Wildman–Crippen MR) is 74.2 cm³/mol. The van der Waals surface area contributed by atoms with Crippen molar-refractivity contribution in [3.8, 4) is 11.8 Å². The van der Waals surface area contributed by atoms with Crippen molar-refractivity contribution in [2.45, 2.75) is 13.1 Å². The summed E-state index contributed by atoms with van der Waals surface area (Å²) in [6.07, 6.45) is -4.29. The Hall–Kier alpha value is -2.84. The van der Waals surface area contributed by atoms with Gasteiger partial charge in [0.2, 0.25) is 0 Å². The van der Waals surface area contributed by atoms with Gasteiger partial charge in [0.15, 0.2) is 5.69 Å². The summed E-state index contributed by atoms with van der Waals surface area (Å²) in [5.41, 5.74) is -0.753. The van der Waals surface area contributed by atoms with E-state index in [1.165, 1.54) is 12.1 Å². The van der Waals surface area contributed by atoms with Crippen LogP contribution >= 0.6 is 0 Å². The fourth-order valence-electron chi connectivity index (χ4n) is 1.58. The van der Waals surface area contributed by atoms with E-state index in [4.69, 9.17) is 9.47 Å². The lowest BCUT2D eigenvalue weighted by molar-refractivity contribution is -0.141. The summed E-state index contributed by atoms with van der Waals surface area (Å²) in [6.45, 7) is 1.87. The van der Waals surface area contributed by atoms with E-state index in [0.717, 1.165) is 12.3 Å². The molecule has 0 radical (unpaired) electrons. The van der Waals surface area contributed by atoms with Crippen LogP contribution in [0.15, 0.2) is 36.5 Å². The lowest BCUT2D eigenvalue weighted by Gasteiger charge is -2.09. The number of nitrogens with one attached hydrogen (secondary N) is 1. The Bertz CT molecular complexity index is 692. The maximum Gasteiger partial charge on any atom is 0.433 e. The molecule has 6 nitrogen and oxygen atoms in total. The molecule has 0 aliphatic rings. The molecule has 1 aromatic carbocycles. The van der Waals surface area contributed by atoms with Crippen molar-refractivity contribution < 1.29 is 27.4 Å². The number of halogens is 3. The molecule has 0 bridgehead atoms. The number of carbonyl (C=O) groups is 1. The highest BCUT2D eigenvalue weighted by Crippen LogP contribution is 2.29. The molecule has 0 saturated carbocycles. The van der Waals surface area contributed by atoms with Crippen molar-refractivity contribution in [1.29, 1.82) is 0 Å². The molecule has 2 aromatic rings. The summed E-state index contributed by atoms with van der Waals surface area (Å²) in [7, 11) is 0. The van der Waals surface area contributed by atoms with E-state index in [1.54, 1.807) is 19.1 Å². The van der Waals surface area contributed by atoms with Gasteiger partial charge in [0.25, 0.3) is 0 Å². The highest BCUT2D eigenvalue weighted by atomic mass is 19.4. The molecule has 0 aliphatic heterocycles. The van der Waals surface area contributed by atoms with Crippen LogP contribution in [-0.4, -0.2) is 22.7 Å². The average molecular weight is 327 g/mol. The number of carbonyl (C=O) groups excluding carboxylic acids is 1. The number of nitrogens with zero attached hydrogens (tertiary/aromatic N) is 2. The van der Waals surface area contributed by atoms with Crippen molar-refractivity contribution in [1.82, 2.24) is 9.97 Å². The van der Waals surface area contributed by atoms with Crippen LogP contribution in [0.4, 0.5) is 23.7 Å². The standard InChI is InChI=1S/C14H12F3N3O3/c1-2-22-13(21)19-9-4-3-5-10(8-9)23-12-18-7-6-11(20-12)14(15,16)17/h3-8H,2H2,1H3,(H,19,21). The molecule has 0 aliphatic carbocycles. The molecule has 23 heavy (non-hydrogen) atoms. The molecule has 1 N–H and O–H groups in total. The molecule has 2 rings (SSSR count). The second kappa shape index (κ2) is 6.95. The van der Waals surface area contributed by atoms with E-state index in [9.17, 15) is 18.0 Å². The normalized spacial score (nSPS) is 11.0. The van der Waals surface area contributed by atoms with Crippen molar-refractivity contribution in [2.24, 2.45) is 0 Å². The summed E-state index contributed by atoms with van der Waals surface area (Å²) >= 11 is 0. The number of benzene rings is 1. The Kier molecular flexibility index (Phi) is 4.99. The number of hydrogen-bond donors (Lipinski definition) is 1. The third-order valence-corrected chi connectivity index (χ3v) is 2.49. The molecular formula is C14H12F3N3O3. The second-order valence-electron chi connectivity index (χ2n) is 4.20. The Morgan fingerprint density at radius 3 is 2.78 bits per heavy atom. The third-order valence-electron chi connectivity index (χ3n) is 2.49. The van der Waals surface area contributed by atoms with Crippen LogP contribution in [0, 0.1) is 0 Å². The van der Waals surface area contributed by atoms with Crippen molar-refractivity contribution >= 4 is 11.8 Å². The monoisotopic (exact) mass is 327 g/mol. The summed E-state index contributed by atoms with van der Waals surface area (Å²) in [6, 6.07) is 6.29. The first-order valence-electron chi connectivity index (χ1n) is 6.50. The predicted octanol–water partition coefficient (Wildman–Crippen LogP) is 3.86. The van der Waals surface area contributed by atoms with E-state index in [1.807, 2.05) is 0 Å². The molecule has 0 saturated heterocycles. The number of alkyl halides is 3. The first-order valence-corrected chi connectivity index (χ1v) is 6.50. The van der Waals surface area contributed by atoms with Gasteiger partial charge in [0.05, 0.1) is 6.61 Å². The smallest absolute Gasteiger partial charge is 0.433 e. The van der Waals surface area contributed by atoms with Gasteiger partial charge < -0.3 is 9.47 Å². The SMILES string of the molecule is CCOC(=O)Nc1cccc(Oc2nccc(C(F)(F)F)n2)c1. The summed E-state index contributed by atoms with van der Waals surface area (Å²) < 4.78 is 47.6. The van der Waals surface area contributed by atoms with Crippen LogP contribution in [-0.2, 0) is 10.9 Å². The molecule has 0 atom stereocenters. The van der Waals surface area contributed by atoms with Gasteiger partial charge in [-0.05, 0) is 25.1 Å². The van der Waals surface area contributed by atoms with Gasteiger partial charge in [-0.15, -0.1) is 0 Å². The Balaban J connectivity index is 2.13. The number of hydrogen-bond acceptors (Lipinski definition) is 5. The molecule has 9 heteroatoms. The average Bonchev–Trinajstić information content (AvgIpc) is 2.47. The molecule has 1 aromatic heterocycles. The first kappa shape index (κ1) is 16.5. The van der Waals surface area contributed by atoms with E-state index in [-0.39, 0.29) is 12.4 Å². The third kappa shape index (κ3) is 4.83. The first-order chi connectivity index (χ1) is 10.9. The minimum absolute atomic E-state index is 0.165. The fourth-order valence-corrected chi connectivity index (χ4v) is 1.58. The zero-order valence-electron chi connectivity index (χ0n) is 11.9. The molecule has 1 amide bonds. The van der Waals surface area contributed by atoms with Gasteiger partial charge in [0.1, 0.15) is 5.75 Å². The highest BCUT2D eigenvalue weighted by Gasteiger charge is 2.33. The van der Waals surface area contributed by atoms with Crippen LogP contribution in [0.2, 0.25) is 0 Å². The number of amides is 1. The van der Waals surface area contributed by atoms with Crippen molar-refractivity contribution in [3.05, 3.63) is 42.2 Å². The van der Waals surface area contributed by atoms with Crippen LogP contribution in [0.3, 0.4) is 0 Å². The van der Waals surface area contributed by atoms with Crippen LogP contribution < -0.4 is 10.1 Å². The maximum atomic E-state index is 12.6. The zero-order chi connectivity index (χ0) is 16.9. The second-order valence-corrected chi connectivity index (χ2v) is 4.20. The molecule has 0 fully saturated rings. The Morgan fingerprint density at radius 1 is 1.30 bits per heavy atom. The van der Waals surface area contributed by atoms with Gasteiger partial charge in [-0.1, -0.05) is 6.07 Å². The van der Waals surface area contributed by atoms with E-state index in [2.05, 4.69) is 15.3 Å². The maximum absolute atomic E-state index is 12.6. The van der Waals surface area contributed by atoms with Crippen LogP contribution in [0.1, 0.15) is 12.6 Å². The molecule has 0 spiro atoms. The molecule has 1 heterocycles. The Morgan fingerprint density at radius 2 is 2.09 bits per heavy atom. The topological polar surface area (TPSA) is 73.3 Å². The summed E-state index contributed by atoms with van der Waals surface area (Å²) in [5, 5.41) is 2.44. The fraction of sp³-hybridized carbons (Fsp3) is 0.214. The van der Waals surface area contributed by atoms with Gasteiger partial charge in [-0.25, -0.2) is 9.78 Å². The number of rotatable bonds is 4. The summed E-state index contributed by atoms with van der Waals surface area (Å²) in [4.78, 5) is 18.2. The minimum atomic E-state index is -4.59. The molecule has 0 unspecified atom stereocenters. The minimum Gasteiger partial charge on any atom is -0.450 e. The summed E-state index contributed by atoms with van der Waals surface area (Å²) in [5.74, 6) is 0.165. The highest BCUT2D eigenvalue weighted by molar-refractivity contribution is 5.84. The molecule has 122 valence electrons. The van der Waals surface area contributed by atoms with Crippen LogP contribution in [0.25, 0.3) is 0 Å². The largest absolute Gasteiger partial charge is 0.450 e. The van der Waals surface area contributed by atoms with Crippen molar-refractivity contribution in [2.75, 3.05) is 11.9 Å². The number of aromatic nitrogens is 2. The number of anilines is 1. The number of ether oxygens (including phenoxy) is 2. The van der Waals surface area contributed by atoms with E-state index >= 15 is 0 Å². The lowest BCUT2D eigenvalue weighted by Crippen LogP contribution is -2.13. The van der Waals surface area contributed by atoms with Gasteiger partial charge >= 0.3 is 18.3 Å². The van der Waals surface area contributed by atoms with Crippen LogP contribution in [0.5, 0.6) is 11.8 Å². The molecular weight excluding hydrogens is 315 g/mol. The van der Waals surface area contributed by atoms with E-state index < -0.39 is 24.0 Å². The zero-order valence-corrected chi connectivity index (χ0v) is 11.9. The van der Waals surface area contributed by atoms with Crippen molar-refractivity contribution in [3.63, 3.8) is 0 Å². The van der Waals surface area contributed by atoms with E-state index in [0.29, 0.717) is 5.69 Å². The van der Waals surface area contributed by atoms with Gasteiger partial charge in [-0.2, -0.15) is 18.2 Å². The van der Waals surface area contributed by atoms with Gasteiger partial charge in [0, 0.05) is 18.0 Å². The lowest BCUT2D eigenvalue weighted by atomic mass is 10.3.